The number of rotatable bonds is 1. The van der Waals surface area contributed by atoms with E-state index in [2.05, 4.69) is 6.07 Å². The van der Waals surface area contributed by atoms with Crippen LogP contribution in [-0.2, 0) is 0 Å². The van der Waals surface area contributed by atoms with Gasteiger partial charge < -0.3 is 5.73 Å². The molecule has 0 bridgehead atoms. The highest BCUT2D eigenvalue weighted by molar-refractivity contribution is 6.30. The molecule has 1 aromatic rings. The number of benzene rings is 1. The third-order valence-electron chi connectivity index (χ3n) is 2.77. The van der Waals surface area contributed by atoms with Crippen molar-refractivity contribution in [3.8, 4) is 0 Å². The molecule has 13 heavy (non-hydrogen) atoms. The minimum atomic E-state index is 0.695. The standard InChI is InChI=1S/C11H14ClN/c12-10-5-9(6-11(13)7-10)8-3-1-2-4-8/h5-8H,1-4,13H2. The van der Waals surface area contributed by atoms with Gasteiger partial charge in [0.05, 0.1) is 0 Å². The highest BCUT2D eigenvalue weighted by Gasteiger charge is 2.17. The van der Waals surface area contributed by atoms with Crippen LogP contribution in [0.5, 0.6) is 0 Å². The predicted molar refractivity (Wildman–Crippen MR) is 57.1 cm³/mol. The van der Waals surface area contributed by atoms with Crippen LogP contribution >= 0.6 is 11.6 Å². The van der Waals surface area contributed by atoms with Crippen molar-refractivity contribution in [2.24, 2.45) is 0 Å². The minimum absolute atomic E-state index is 0.695. The zero-order valence-electron chi connectivity index (χ0n) is 7.59. The molecule has 1 nitrogen and oxygen atoms in total. The summed E-state index contributed by atoms with van der Waals surface area (Å²) in [7, 11) is 0. The largest absolute Gasteiger partial charge is 0.399 e. The normalized spacial score (nSPS) is 17.9. The maximum Gasteiger partial charge on any atom is 0.0429 e. The Hall–Kier alpha value is -0.690. The first-order valence-electron chi connectivity index (χ1n) is 4.81. The number of halogens is 1. The molecular weight excluding hydrogens is 182 g/mol. The second-order valence-corrected chi connectivity index (χ2v) is 4.24. The molecule has 0 heterocycles. The molecular formula is C11H14ClN. The van der Waals surface area contributed by atoms with Crippen LogP contribution in [0.2, 0.25) is 5.02 Å². The number of nitrogen functional groups attached to an aromatic ring is 1. The Labute approximate surface area is 83.9 Å². The monoisotopic (exact) mass is 195 g/mol. The molecule has 0 amide bonds. The van der Waals surface area contributed by atoms with Gasteiger partial charge in [-0.15, -0.1) is 0 Å². The number of hydrogen-bond donors (Lipinski definition) is 1. The molecule has 1 fully saturated rings. The molecule has 1 aliphatic carbocycles. The van der Waals surface area contributed by atoms with Crippen molar-refractivity contribution in [3.05, 3.63) is 28.8 Å². The fourth-order valence-electron chi connectivity index (χ4n) is 2.13. The SMILES string of the molecule is Nc1cc(Cl)cc(C2CCCC2)c1. The van der Waals surface area contributed by atoms with Gasteiger partial charge in [0.2, 0.25) is 0 Å². The summed E-state index contributed by atoms with van der Waals surface area (Å²) < 4.78 is 0. The summed E-state index contributed by atoms with van der Waals surface area (Å²) in [5.74, 6) is 0.695. The molecule has 2 heteroatoms. The van der Waals surface area contributed by atoms with Crippen molar-refractivity contribution in [2.45, 2.75) is 31.6 Å². The van der Waals surface area contributed by atoms with Crippen molar-refractivity contribution in [1.82, 2.24) is 0 Å². The van der Waals surface area contributed by atoms with Crippen LogP contribution in [0.15, 0.2) is 18.2 Å². The molecule has 0 aromatic heterocycles. The summed E-state index contributed by atoms with van der Waals surface area (Å²) in [5, 5.41) is 0.766. The van der Waals surface area contributed by atoms with Crippen LogP contribution in [0.4, 0.5) is 5.69 Å². The summed E-state index contributed by atoms with van der Waals surface area (Å²) >= 11 is 5.95. The molecule has 0 radical (unpaired) electrons. The van der Waals surface area contributed by atoms with E-state index < -0.39 is 0 Å². The lowest BCUT2D eigenvalue weighted by Crippen LogP contribution is -1.94. The van der Waals surface area contributed by atoms with Crippen LogP contribution in [0.25, 0.3) is 0 Å². The summed E-state index contributed by atoms with van der Waals surface area (Å²) in [6, 6.07) is 5.91. The van der Waals surface area contributed by atoms with Gasteiger partial charge in [-0.1, -0.05) is 24.4 Å². The highest BCUT2D eigenvalue weighted by atomic mass is 35.5. The predicted octanol–water partition coefficient (Wildman–Crippen LogP) is 3.58. The molecule has 2 rings (SSSR count). The fraction of sp³-hybridized carbons (Fsp3) is 0.455. The number of nitrogens with two attached hydrogens (primary N) is 1. The third kappa shape index (κ3) is 1.97. The zero-order valence-corrected chi connectivity index (χ0v) is 8.35. The average molecular weight is 196 g/mol. The second-order valence-electron chi connectivity index (χ2n) is 3.80. The van der Waals surface area contributed by atoms with Gasteiger partial charge in [-0.3, -0.25) is 0 Å². The van der Waals surface area contributed by atoms with Gasteiger partial charge in [0, 0.05) is 10.7 Å². The summed E-state index contributed by atoms with van der Waals surface area (Å²) in [5.41, 5.74) is 7.85. The minimum Gasteiger partial charge on any atom is -0.399 e. The smallest absolute Gasteiger partial charge is 0.0429 e. The topological polar surface area (TPSA) is 26.0 Å². The van der Waals surface area contributed by atoms with Gasteiger partial charge in [-0.25, -0.2) is 0 Å². The molecule has 1 saturated carbocycles. The summed E-state index contributed by atoms with van der Waals surface area (Å²) in [6.45, 7) is 0. The van der Waals surface area contributed by atoms with Gasteiger partial charge in [0.1, 0.15) is 0 Å². The lowest BCUT2D eigenvalue weighted by atomic mass is 9.97. The third-order valence-corrected chi connectivity index (χ3v) is 2.99. The van der Waals surface area contributed by atoms with E-state index >= 15 is 0 Å². The molecule has 0 saturated heterocycles. The van der Waals surface area contributed by atoms with Crippen molar-refractivity contribution >= 4 is 17.3 Å². The average Bonchev–Trinajstić information content (AvgIpc) is 2.53. The lowest BCUT2D eigenvalue weighted by Gasteiger charge is -2.10. The van der Waals surface area contributed by atoms with Crippen LogP contribution in [0.1, 0.15) is 37.2 Å². The molecule has 0 unspecified atom stereocenters. The molecule has 2 N–H and O–H groups in total. The van der Waals surface area contributed by atoms with E-state index in [1.54, 1.807) is 6.07 Å². The van der Waals surface area contributed by atoms with Crippen LogP contribution in [-0.4, -0.2) is 0 Å². The maximum atomic E-state index is 5.95. The first-order chi connectivity index (χ1) is 6.25. The van der Waals surface area contributed by atoms with E-state index in [9.17, 15) is 0 Å². The van der Waals surface area contributed by atoms with E-state index in [0.717, 1.165) is 10.7 Å². The van der Waals surface area contributed by atoms with E-state index in [4.69, 9.17) is 17.3 Å². The highest BCUT2D eigenvalue weighted by Crippen LogP contribution is 2.35. The van der Waals surface area contributed by atoms with Crippen LogP contribution < -0.4 is 5.73 Å². The van der Waals surface area contributed by atoms with E-state index in [0.29, 0.717) is 5.92 Å². The van der Waals surface area contributed by atoms with Gasteiger partial charge >= 0.3 is 0 Å². The molecule has 0 spiro atoms. The Kier molecular flexibility index (Phi) is 2.45. The second kappa shape index (κ2) is 3.59. The van der Waals surface area contributed by atoms with E-state index in [-0.39, 0.29) is 0 Å². The first-order valence-corrected chi connectivity index (χ1v) is 5.19. The molecule has 0 aliphatic heterocycles. The van der Waals surface area contributed by atoms with Gasteiger partial charge in [0.25, 0.3) is 0 Å². The van der Waals surface area contributed by atoms with Crippen molar-refractivity contribution in [1.29, 1.82) is 0 Å². The van der Waals surface area contributed by atoms with Gasteiger partial charge in [-0.05, 0) is 42.5 Å². The van der Waals surface area contributed by atoms with E-state index in [1.165, 1.54) is 31.2 Å². The molecule has 1 aromatic carbocycles. The number of hydrogen-bond acceptors (Lipinski definition) is 1. The Morgan fingerprint density at radius 2 is 1.85 bits per heavy atom. The molecule has 70 valence electrons. The van der Waals surface area contributed by atoms with Crippen molar-refractivity contribution < 1.29 is 0 Å². The summed E-state index contributed by atoms with van der Waals surface area (Å²) in [4.78, 5) is 0. The maximum absolute atomic E-state index is 5.95. The Morgan fingerprint density at radius 3 is 2.46 bits per heavy atom. The van der Waals surface area contributed by atoms with Crippen molar-refractivity contribution in [3.63, 3.8) is 0 Å². The summed E-state index contributed by atoms with van der Waals surface area (Å²) in [6.07, 6.45) is 5.27. The lowest BCUT2D eigenvalue weighted by molar-refractivity contribution is 0.724. The Balaban J connectivity index is 2.28. The molecule has 1 aliphatic rings. The first kappa shape index (κ1) is 8.89. The van der Waals surface area contributed by atoms with Gasteiger partial charge in [-0.2, -0.15) is 0 Å². The number of anilines is 1. The van der Waals surface area contributed by atoms with Crippen molar-refractivity contribution in [2.75, 3.05) is 5.73 Å². The molecule has 0 atom stereocenters. The quantitative estimate of drug-likeness (QED) is 0.682. The fourth-order valence-corrected chi connectivity index (χ4v) is 2.38. The van der Waals surface area contributed by atoms with E-state index in [1.807, 2.05) is 6.07 Å². The van der Waals surface area contributed by atoms with Crippen LogP contribution in [0.3, 0.4) is 0 Å². The Bertz CT molecular complexity index is 283. The Morgan fingerprint density at radius 1 is 1.15 bits per heavy atom. The van der Waals surface area contributed by atoms with Crippen LogP contribution in [0, 0.1) is 0 Å². The van der Waals surface area contributed by atoms with Gasteiger partial charge in [0.15, 0.2) is 0 Å². The zero-order chi connectivity index (χ0) is 9.26.